The van der Waals surface area contributed by atoms with E-state index in [9.17, 15) is 4.79 Å². The van der Waals surface area contributed by atoms with E-state index >= 15 is 0 Å². The highest BCUT2D eigenvalue weighted by Crippen LogP contribution is 2.21. The average Bonchev–Trinajstić information content (AvgIpc) is 2.50. The minimum atomic E-state index is -0.205. The molecule has 0 radical (unpaired) electrons. The number of amides is 1. The van der Waals surface area contributed by atoms with Crippen molar-refractivity contribution in [2.45, 2.75) is 13.8 Å². The molecule has 22 heavy (non-hydrogen) atoms. The molecule has 0 spiro atoms. The van der Waals surface area contributed by atoms with Crippen molar-refractivity contribution in [3.63, 3.8) is 0 Å². The number of carbonyl (C=O) groups excluding carboxylic acids is 1. The molecule has 0 heterocycles. The molecule has 2 aromatic rings. The predicted octanol–water partition coefficient (Wildman–Crippen LogP) is 4.17. The maximum absolute atomic E-state index is 11.9. The smallest absolute Gasteiger partial charge is 0.262 e. The first-order valence-electron chi connectivity index (χ1n) is 7.00. The third-order valence-electron chi connectivity index (χ3n) is 2.93. The van der Waals surface area contributed by atoms with Gasteiger partial charge in [0.15, 0.2) is 6.61 Å². The Kier molecular flexibility index (Phi) is 5.83. The van der Waals surface area contributed by atoms with Gasteiger partial charge in [0.1, 0.15) is 11.5 Å². The van der Waals surface area contributed by atoms with Gasteiger partial charge < -0.3 is 14.8 Å². The Morgan fingerprint density at radius 3 is 2.55 bits per heavy atom. The fourth-order valence-electron chi connectivity index (χ4n) is 1.89. The molecular formula is C17H18BrNO3. The molecule has 0 bridgehead atoms. The van der Waals surface area contributed by atoms with Crippen molar-refractivity contribution in [1.82, 2.24) is 0 Å². The first kappa shape index (κ1) is 16.4. The van der Waals surface area contributed by atoms with Crippen LogP contribution < -0.4 is 14.8 Å². The third kappa shape index (κ3) is 4.77. The summed E-state index contributed by atoms with van der Waals surface area (Å²) in [7, 11) is 0. The molecule has 0 aliphatic heterocycles. The monoisotopic (exact) mass is 363 g/mol. The molecule has 0 saturated heterocycles. The van der Waals surface area contributed by atoms with Crippen molar-refractivity contribution in [1.29, 1.82) is 0 Å². The molecule has 1 amide bonds. The fraction of sp³-hybridized carbons (Fsp3) is 0.235. The molecule has 0 saturated carbocycles. The Bertz CT molecular complexity index is 658. The van der Waals surface area contributed by atoms with Gasteiger partial charge in [-0.2, -0.15) is 0 Å². The van der Waals surface area contributed by atoms with E-state index in [0.717, 1.165) is 21.5 Å². The summed E-state index contributed by atoms with van der Waals surface area (Å²) in [4.78, 5) is 11.9. The molecule has 0 atom stereocenters. The molecule has 1 N–H and O–H groups in total. The molecule has 116 valence electrons. The highest BCUT2D eigenvalue weighted by Gasteiger charge is 2.05. The van der Waals surface area contributed by atoms with Gasteiger partial charge in [0.25, 0.3) is 5.91 Å². The number of aryl methyl sites for hydroxylation is 1. The first-order valence-corrected chi connectivity index (χ1v) is 7.79. The molecular weight excluding hydrogens is 346 g/mol. The Labute approximate surface area is 138 Å². The van der Waals surface area contributed by atoms with Crippen LogP contribution in [0.4, 0.5) is 5.69 Å². The summed E-state index contributed by atoms with van der Waals surface area (Å²) in [5.41, 5.74) is 1.81. The first-order chi connectivity index (χ1) is 10.6. The maximum Gasteiger partial charge on any atom is 0.262 e. The van der Waals surface area contributed by atoms with Crippen LogP contribution in [0.15, 0.2) is 46.9 Å². The minimum Gasteiger partial charge on any atom is -0.494 e. The van der Waals surface area contributed by atoms with Gasteiger partial charge in [-0.3, -0.25) is 4.79 Å². The van der Waals surface area contributed by atoms with E-state index in [1.807, 2.05) is 44.2 Å². The topological polar surface area (TPSA) is 47.6 Å². The number of benzene rings is 2. The van der Waals surface area contributed by atoms with Crippen LogP contribution >= 0.6 is 15.9 Å². The number of anilines is 1. The molecule has 2 aromatic carbocycles. The SMILES string of the molecule is CCOc1cccc(OCC(=O)Nc2ccc(Br)c(C)c2)c1. The Balaban J connectivity index is 1.89. The van der Waals surface area contributed by atoms with Crippen LogP contribution in [-0.4, -0.2) is 19.1 Å². The second kappa shape index (κ2) is 7.84. The van der Waals surface area contributed by atoms with Crippen LogP contribution in [0.2, 0.25) is 0 Å². The van der Waals surface area contributed by atoms with E-state index in [4.69, 9.17) is 9.47 Å². The van der Waals surface area contributed by atoms with E-state index < -0.39 is 0 Å². The number of carbonyl (C=O) groups is 1. The quantitative estimate of drug-likeness (QED) is 0.837. The summed E-state index contributed by atoms with van der Waals surface area (Å²) in [6, 6.07) is 12.9. The van der Waals surface area contributed by atoms with Crippen molar-refractivity contribution in [2.24, 2.45) is 0 Å². The standard InChI is InChI=1S/C17H18BrNO3/c1-3-21-14-5-4-6-15(10-14)22-11-17(20)19-13-7-8-16(18)12(2)9-13/h4-10H,3,11H2,1-2H3,(H,19,20). The lowest BCUT2D eigenvalue weighted by Gasteiger charge is -2.10. The molecule has 2 rings (SSSR count). The molecule has 0 aliphatic rings. The lowest BCUT2D eigenvalue weighted by Crippen LogP contribution is -2.20. The van der Waals surface area contributed by atoms with Gasteiger partial charge in [0, 0.05) is 16.2 Å². The normalized spacial score (nSPS) is 10.1. The predicted molar refractivity (Wildman–Crippen MR) is 90.6 cm³/mol. The maximum atomic E-state index is 11.9. The summed E-state index contributed by atoms with van der Waals surface area (Å²) in [5, 5.41) is 2.80. The summed E-state index contributed by atoms with van der Waals surface area (Å²) >= 11 is 3.43. The molecule has 4 nitrogen and oxygen atoms in total. The van der Waals surface area contributed by atoms with Gasteiger partial charge in [0.2, 0.25) is 0 Å². The van der Waals surface area contributed by atoms with Crippen LogP contribution in [-0.2, 0) is 4.79 Å². The molecule has 0 aliphatic carbocycles. The fourth-order valence-corrected chi connectivity index (χ4v) is 2.14. The summed E-state index contributed by atoms with van der Waals surface area (Å²) in [6.07, 6.45) is 0. The summed E-state index contributed by atoms with van der Waals surface area (Å²) in [5.74, 6) is 1.13. The van der Waals surface area contributed by atoms with Crippen molar-refractivity contribution >= 4 is 27.5 Å². The number of halogens is 1. The Morgan fingerprint density at radius 2 is 1.86 bits per heavy atom. The van der Waals surface area contributed by atoms with Crippen LogP contribution in [0.25, 0.3) is 0 Å². The van der Waals surface area contributed by atoms with Gasteiger partial charge in [-0.25, -0.2) is 0 Å². The number of hydrogen-bond acceptors (Lipinski definition) is 3. The molecule has 0 aromatic heterocycles. The van der Waals surface area contributed by atoms with Crippen LogP contribution in [0.1, 0.15) is 12.5 Å². The van der Waals surface area contributed by atoms with E-state index in [1.54, 1.807) is 12.1 Å². The number of rotatable bonds is 6. The van der Waals surface area contributed by atoms with Crippen molar-refractivity contribution in [3.05, 3.63) is 52.5 Å². The number of nitrogens with one attached hydrogen (secondary N) is 1. The summed E-state index contributed by atoms with van der Waals surface area (Å²) in [6.45, 7) is 4.42. The minimum absolute atomic E-state index is 0.0509. The van der Waals surface area contributed by atoms with Gasteiger partial charge in [-0.1, -0.05) is 22.0 Å². The van der Waals surface area contributed by atoms with Crippen LogP contribution in [0.3, 0.4) is 0 Å². The average molecular weight is 364 g/mol. The molecule has 5 heteroatoms. The van der Waals surface area contributed by atoms with Gasteiger partial charge in [0.05, 0.1) is 6.61 Å². The van der Waals surface area contributed by atoms with E-state index in [2.05, 4.69) is 21.2 Å². The Morgan fingerprint density at radius 1 is 1.14 bits per heavy atom. The molecule has 0 fully saturated rings. The van der Waals surface area contributed by atoms with E-state index in [-0.39, 0.29) is 12.5 Å². The number of hydrogen-bond donors (Lipinski definition) is 1. The lowest BCUT2D eigenvalue weighted by atomic mass is 10.2. The van der Waals surface area contributed by atoms with E-state index in [0.29, 0.717) is 12.4 Å². The second-order valence-electron chi connectivity index (χ2n) is 4.71. The zero-order chi connectivity index (χ0) is 15.9. The summed E-state index contributed by atoms with van der Waals surface area (Å²) < 4.78 is 11.9. The second-order valence-corrected chi connectivity index (χ2v) is 5.56. The third-order valence-corrected chi connectivity index (χ3v) is 3.82. The Hall–Kier alpha value is -2.01. The van der Waals surface area contributed by atoms with Gasteiger partial charge in [-0.15, -0.1) is 0 Å². The molecule has 0 unspecified atom stereocenters. The number of ether oxygens (including phenoxy) is 2. The van der Waals surface area contributed by atoms with Crippen molar-refractivity contribution in [2.75, 3.05) is 18.5 Å². The zero-order valence-corrected chi connectivity index (χ0v) is 14.1. The van der Waals surface area contributed by atoms with Crippen molar-refractivity contribution < 1.29 is 14.3 Å². The van der Waals surface area contributed by atoms with E-state index in [1.165, 1.54) is 0 Å². The van der Waals surface area contributed by atoms with Gasteiger partial charge in [-0.05, 0) is 49.7 Å². The lowest BCUT2D eigenvalue weighted by molar-refractivity contribution is -0.118. The zero-order valence-electron chi connectivity index (χ0n) is 12.6. The highest BCUT2D eigenvalue weighted by molar-refractivity contribution is 9.10. The van der Waals surface area contributed by atoms with Crippen molar-refractivity contribution in [3.8, 4) is 11.5 Å². The largest absolute Gasteiger partial charge is 0.494 e. The highest BCUT2D eigenvalue weighted by atomic mass is 79.9. The van der Waals surface area contributed by atoms with Gasteiger partial charge >= 0.3 is 0 Å². The van der Waals surface area contributed by atoms with Crippen LogP contribution in [0, 0.1) is 6.92 Å². The van der Waals surface area contributed by atoms with Crippen LogP contribution in [0.5, 0.6) is 11.5 Å².